The molecule has 0 aromatic heterocycles. The molecule has 3 aromatic rings. The van der Waals surface area contributed by atoms with Crippen molar-refractivity contribution >= 4 is 27.3 Å². The first-order chi connectivity index (χ1) is 18.1. The van der Waals surface area contributed by atoms with Crippen molar-refractivity contribution in [2.45, 2.75) is 32.6 Å². The van der Waals surface area contributed by atoms with E-state index < -0.39 is 22.5 Å². The van der Waals surface area contributed by atoms with Crippen molar-refractivity contribution in [1.29, 1.82) is 0 Å². The number of carbonyl (C=O) groups is 1. The minimum atomic E-state index is -4.17. The molecule has 1 amide bonds. The maximum absolute atomic E-state index is 13.8. The van der Waals surface area contributed by atoms with Gasteiger partial charge in [-0.25, -0.2) is 13.8 Å². The van der Waals surface area contributed by atoms with E-state index in [1.54, 1.807) is 19.1 Å². The van der Waals surface area contributed by atoms with Crippen LogP contribution >= 0.6 is 0 Å². The summed E-state index contributed by atoms with van der Waals surface area (Å²) in [6, 6.07) is 17.0. The number of benzene rings is 3. The van der Waals surface area contributed by atoms with E-state index >= 15 is 0 Å². The second-order valence-electron chi connectivity index (χ2n) is 8.56. The van der Waals surface area contributed by atoms with Crippen LogP contribution in [-0.4, -0.2) is 47.4 Å². The average Bonchev–Trinajstić information content (AvgIpc) is 2.89. The molecule has 9 nitrogen and oxygen atoms in total. The molecular weight excluding hydrogens is 506 g/mol. The first-order valence-corrected chi connectivity index (χ1v) is 13.4. The fourth-order valence-corrected chi connectivity index (χ4v) is 5.27. The third-order valence-corrected chi connectivity index (χ3v) is 7.43. The van der Waals surface area contributed by atoms with Gasteiger partial charge in [-0.15, -0.1) is 0 Å². The van der Waals surface area contributed by atoms with Crippen molar-refractivity contribution in [2.24, 2.45) is 5.10 Å². The highest BCUT2D eigenvalue weighted by Gasteiger charge is 2.28. The fraction of sp³-hybridized carbons (Fsp3) is 0.286. The Labute approximate surface area is 224 Å². The van der Waals surface area contributed by atoms with Crippen molar-refractivity contribution in [3.05, 3.63) is 77.4 Å². The summed E-state index contributed by atoms with van der Waals surface area (Å²) in [6.45, 7) is 7.46. The lowest BCUT2D eigenvalue weighted by atomic mass is 10.1. The van der Waals surface area contributed by atoms with E-state index in [-0.39, 0.29) is 10.6 Å². The highest BCUT2D eigenvalue weighted by atomic mass is 32.2. The molecular formula is C28H33N3O6S. The molecule has 10 heteroatoms. The van der Waals surface area contributed by atoms with E-state index in [1.807, 2.05) is 51.1 Å². The average molecular weight is 540 g/mol. The van der Waals surface area contributed by atoms with Crippen molar-refractivity contribution in [3.8, 4) is 17.2 Å². The Kier molecular flexibility index (Phi) is 9.35. The molecule has 0 saturated heterocycles. The fourth-order valence-electron chi connectivity index (χ4n) is 3.85. The van der Waals surface area contributed by atoms with Crippen LogP contribution in [0.15, 0.2) is 70.7 Å². The molecule has 0 aliphatic rings. The summed E-state index contributed by atoms with van der Waals surface area (Å²) in [5, 5.41) is 4.17. The molecule has 0 heterocycles. The van der Waals surface area contributed by atoms with Gasteiger partial charge in [-0.1, -0.05) is 6.07 Å². The molecule has 0 unspecified atom stereocenters. The van der Waals surface area contributed by atoms with Crippen LogP contribution < -0.4 is 23.9 Å². The van der Waals surface area contributed by atoms with Gasteiger partial charge in [0, 0.05) is 6.07 Å². The number of hydrogen-bond donors (Lipinski definition) is 1. The van der Waals surface area contributed by atoms with Gasteiger partial charge in [0.2, 0.25) is 0 Å². The van der Waals surface area contributed by atoms with Crippen LogP contribution in [0.1, 0.15) is 30.5 Å². The van der Waals surface area contributed by atoms with E-state index in [0.29, 0.717) is 23.8 Å². The Morgan fingerprint density at radius 2 is 1.55 bits per heavy atom. The maximum Gasteiger partial charge on any atom is 0.264 e. The summed E-state index contributed by atoms with van der Waals surface area (Å²) in [6.07, 6.45) is 0. The summed E-state index contributed by atoms with van der Waals surface area (Å²) < 4.78 is 44.6. The molecule has 0 atom stereocenters. The molecule has 3 rings (SSSR count). The van der Waals surface area contributed by atoms with E-state index in [1.165, 1.54) is 32.4 Å². The molecule has 1 N–H and O–H groups in total. The normalized spacial score (nSPS) is 11.6. The van der Waals surface area contributed by atoms with Gasteiger partial charge in [0.25, 0.3) is 15.9 Å². The van der Waals surface area contributed by atoms with Crippen LogP contribution in [0, 0.1) is 13.8 Å². The topological polar surface area (TPSA) is 107 Å². The summed E-state index contributed by atoms with van der Waals surface area (Å²) >= 11 is 0. The van der Waals surface area contributed by atoms with E-state index in [0.717, 1.165) is 26.7 Å². The third-order valence-electron chi connectivity index (χ3n) is 5.66. The first-order valence-electron chi connectivity index (χ1n) is 12.0. The lowest BCUT2D eigenvalue weighted by molar-refractivity contribution is -0.119. The van der Waals surface area contributed by atoms with Gasteiger partial charge in [-0.05, 0) is 92.9 Å². The second-order valence-corrected chi connectivity index (χ2v) is 10.4. The molecule has 202 valence electrons. The number of ether oxygens (including phenoxy) is 3. The Hall–Kier alpha value is -4.05. The zero-order valence-electron chi connectivity index (χ0n) is 22.4. The number of hydrogen-bond acceptors (Lipinski definition) is 7. The molecule has 0 spiro atoms. The van der Waals surface area contributed by atoms with Crippen molar-refractivity contribution in [2.75, 3.05) is 31.7 Å². The summed E-state index contributed by atoms with van der Waals surface area (Å²) in [5.41, 5.74) is 5.91. The number of rotatable bonds is 11. The maximum atomic E-state index is 13.8. The predicted molar refractivity (Wildman–Crippen MR) is 148 cm³/mol. The molecule has 0 saturated carbocycles. The molecule has 38 heavy (non-hydrogen) atoms. The molecule has 0 radical (unpaired) electrons. The van der Waals surface area contributed by atoms with E-state index in [2.05, 4.69) is 10.5 Å². The predicted octanol–water partition coefficient (Wildman–Crippen LogP) is 4.46. The smallest absolute Gasteiger partial charge is 0.264 e. The molecule has 3 aromatic carbocycles. The van der Waals surface area contributed by atoms with Crippen LogP contribution in [0.25, 0.3) is 0 Å². The largest absolute Gasteiger partial charge is 0.494 e. The van der Waals surface area contributed by atoms with Crippen LogP contribution in [0.4, 0.5) is 5.69 Å². The van der Waals surface area contributed by atoms with Gasteiger partial charge < -0.3 is 14.2 Å². The Morgan fingerprint density at radius 3 is 2.13 bits per heavy atom. The van der Waals surface area contributed by atoms with Crippen LogP contribution in [0.3, 0.4) is 0 Å². The molecule has 0 fully saturated rings. The van der Waals surface area contributed by atoms with Crippen LogP contribution in [-0.2, 0) is 14.8 Å². The van der Waals surface area contributed by atoms with Gasteiger partial charge in [0.1, 0.15) is 12.3 Å². The zero-order valence-corrected chi connectivity index (χ0v) is 23.3. The van der Waals surface area contributed by atoms with Gasteiger partial charge in [0.05, 0.1) is 37.1 Å². The van der Waals surface area contributed by atoms with Gasteiger partial charge >= 0.3 is 0 Å². The number of nitrogens with one attached hydrogen (secondary N) is 1. The summed E-state index contributed by atoms with van der Waals surface area (Å²) in [5.74, 6) is 0.784. The standard InChI is InChI=1S/C28H33N3O6S/c1-7-37-24-10-8-22(9-11-24)21(4)29-30-28(32)18-31(23-15-19(2)14-20(3)16-23)38(33,34)25-12-13-26(35-5)27(17-25)36-6/h8-17H,7,18H2,1-6H3,(H,30,32)/b29-21-. The van der Waals surface area contributed by atoms with Crippen LogP contribution in [0.5, 0.6) is 17.2 Å². The van der Waals surface area contributed by atoms with E-state index in [4.69, 9.17) is 14.2 Å². The minimum Gasteiger partial charge on any atom is -0.494 e. The second kappa shape index (κ2) is 12.5. The summed E-state index contributed by atoms with van der Waals surface area (Å²) in [7, 11) is -1.28. The molecule has 0 aliphatic heterocycles. The highest BCUT2D eigenvalue weighted by molar-refractivity contribution is 7.92. The van der Waals surface area contributed by atoms with Gasteiger partial charge in [-0.2, -0.15) is 5.10 Å². The number of hydrazone groups is 1. The first kappa shape index (κ1) is 28.5. The van der Waals surface area contributed by atoms with Crippen molar-refractivity contribution in [1.82, 2.24) is 5.43 Å². The van der Waals surface area contributed by atoms with Gasteiger partial charge in [-0.3, -0.25) is 9.10 Å². The lowest BCUT2D eigenvalue weighted by Gasteiger charge is -2.25. The summed E-state index contributed by atoms with van der Waals surface area (Å²) in [4.78, 5) is 12.9. The van der Waals surface area contributed by atoms with E-state index in [9.17, 15) is 13.2 Å². The van der Waals surface area contributed by atoms with Crippen molar-refractivity contribution in [3.63, 3.8) is 0 Å². The Bertz CT molecular complexity index is 1400. The minimum absolute atomic E-state index is 0.0452. The third kappa shape index (κ3) is 6.83. The zero-order chi connectivity index (χ0) is 27.9. The Balaban J connectivity index is 1.92. The van der Waals surface area contributed by atoms with Crippen molar-refractivity contribution < 1.29 is 27.4 Å². The van der Waals surface area contributed by atoms with Gasteiger partial charge in [0.15, 0.2) is 11.5 Å². The SMILES string of the molecule is CCOc1ccc(/C(C)=N\NC(=O)CN(c2cc(C)cc(C)c2)S(=O)(=O)c2ccc(OC)c(OC)c2)cc1. The molecule has 0 bridgehead atoms. The number of aryl methyl sites for hydroxylation is 2. The Morgan fingerprint density at radius 1 is 0.921 bits per heavy atom. The number of methoxy groups -OCH3 is 2. The number of nitrogens with zero attached hydrogens (tertiary/aromatic N) is 2. The monoisotopic (exact) mass is 539 g/mol. The highest BCUT2D eigenvalue weighted by Crippen LogP contribution is 2.32. The number of sulfonamides is 1. The number of amides is 1. The molecule has 0 aliphatic carbocycles. The number of anilines is 1. The number of carbonyl (C=O) groups excluding carboxylic acids is 1. The van der Waals surface area contributed by atoms with Crippen LogP contribution in [0.2, 0.25) is 0 Å². The lowest BCUT2D eigenvalue weighted by Crippen LogP contribution is -2.39. The quantitative estimate of drug-likeness (QED) is 0.285.